The molecule has 22 heavy (non-hydrogen) atoms. The SMILES string of the molecule is COc1ccccc1-c1csc(NC(=O)[C@H]2C[C@@H](O)CN2)n1. The van der Waals surface area contributed by atoms with E-state index < -0.39 is 6.10 Å². The second-order valence-corrected chi connectivity index (χ2v) is 5.94. The number of β-amino-alcohol motifs (C(OH)–C–C–N with tert-alkyl or cyclic N) is 1. The third-order valence-corrected chi connectivity index (χ3v) is 4.30. The van der Waals surface area contributed by atoms with Crippen LogP contribution in [0.4, 0.5) is 5.13 Å². The van der Waals surface area contributed by atoms with Gasteiger partial charge in [-0.25, -0.2) is 4.98 Å². The van der Waals surface area contributed by atoms with E-state index in [2.05, 4.69) is 15.6 Å². The summed E-state index contributed by atoms with van der Waals surface area (Å²) in [5.74, 6) is 0.573. The molecule has 0 radical (unpaired) electrons. The molecule has 1 aromatic heterocycles. The Balaban J connectivity index is 1.72. The van der Waals surface area contributed by atoms with E-state index in [0.29, 0.717) is 18.1 Å². The molecule has 3 N–H and O–H groups in total. The van der Waals surface area contributed by atoms with Crippen LogP contribution in [0.15, 0.2) is 29.6 Å². The van der Waals surface area contributed by atoms with Gasteiger partial charge in [-0.05, 0) is 18.6 Å². The lowest BCUT2D eigenvalue weighted by Crippen LogP contribution is -2.35. The lowest BCUT2D eigenvalue weighted by Gasteiger charge is -2.08. The minimum absolute atomic E-state index is 0.169. The molecule has 0 saturated carbocycles. The Kier molecular flexibility index (Phi) is 4.37. The van der Waals surface area contributed by atoms with E-state index >= 15 is 0 Å². The summed E-state index contributed by atoms with van der Waals surface area (Å²) in [6.07, 6.45) is -0.0347. The zero-order valence-corrected chi connectivity index (χ0v) is 12.9. The monoisotopic (exact) mass is 319 g/mol. The second-order valence-electron chi connectivity index (χ2n) is 5.08. The molecule has 2 heterocycles. The van der Waals surface area contributed by atoms with Crippen molar-refractivity contribution >= 4 is 22.4 Å². The Hall–Kier alpha value is -1.96. The number of para-hydroxylation sites is 1. The molecular weight excluding hydrogens is 302 g/mol. The number of amides is 1. The van der Waals surface area contributed by atoms with Crippen molar-refractivity contribution < 1.29 is 14.6 Å². The molecule has 1 aliphatic rings. The number of nitrogens with one attached hydrogen (secondary N) is 2. The average Bonchev–Trinajstić information content (AvgIpc) is 3.16. The highest BCUT2D eigenvalue weighted by Crippen LogP contribution is 2.31. The molecule has 0 aliphatic carbocycles. The normalized spacial score (nSPS) is 20.8. The van der Waals surface area contributed by atoms with Gasteiger partial charge in [-0.1, -0.05) is 12.1 Å². The summed E-state index contributed by atoms with van der Waals surface area (Å²) >= 11 is 1.36. The fourth-order valence-electron chi connectivity index (χ4n) is 2.42. The quantitative estimate of drug-likeness (QED) is 0.795. The van der Waals surface area contributed by atoms with Crippen LogP contribution in [-0.2, 0) is 4.79 Å². The van der Waals surface area contributed by atoms with Gasteiger partial charge in [0.2, 0.25) is 5.91 Å². The first kappa shape index (κ1) is 15.0. The average molecular weight is 319 g/mol. The number of hydrogen-bond acceptors (Lipinski definition) is 6. The first-order valence-electron chi connectivity index (χ1n) is 6.98. The molecule has 6 nitrogen and oxygen atoms in total. The molecule has 2 atom stereocenters. The lowest BCUT2D eigenvalue weighted by atomic mass is 10.1. The van der Waals surface area contributed by atoms with Crippen LogP contribution in [0, 0.1) is 0 Å². The van der Waals surface area contributed by atoms with Gasteiger partial charge in [-0.2, -0.15) is 0 Å². The minimum Gasteiger partial charge on any atom is -0.496 e. The molecule has 1 aromatic carbocycles. The fourth-order valence-corrected chi connectivity index (χ4v) is 3.13. The van der Waals surface area contributed by atoms with Crippen LogP contribution in [0.5, 0.6) is 5.75 Å². The van der Waals surface area contributed by atoms with E-state index in [-0.39, 0.29) is 11.9 Å². The molecule has 0 spiro atoms. The fraction of sp³-hybridized carbons (Fsp3) is 0.333. The molecule has 1 aliphatic heterocycles. The van der Waals surface area contributed by atoms with Gasteiger partial charge >= 0.3 is 0 Å². The van der Waals surface area contributed by atoms with Gasteiger partial charge < -0.3 is 20.5 Å². The van der Waals surface area contributed by atoms with E-state index in [1.165, 1.54) is 11.3 Å². The number of rotatable bonds is 4. The largest absolute Gasteiger partial charge is 0.496 e. The highest BCUT2D eigenvalue weighted by Gasteiger charge is 2.28. The second kappa shape index (κ2) is 6.43. The summed E-state index contributed by atoms with van der Waals surface area (Å²) in [6.45, 7) is 0.447. The van der Waals surface area contributed by atoms with Crippen LogP contribution in [0.3, 0.4) is 0 Å². The number of anilines is 1. The number of aliphatic hydroxyl groups excluding tert-OH is 1. The molecule has 0 unspecified atom stereocenters. The van der Waals surface area contributed by atoms with Gasteiger partial charge in [0.1, 0.15) is 5.75 Å². The summed E-state index contributed by atoms with van der Waals surface area (Å²) < 4.78 is 5.32. The Morgan fingerprint density at radius 3 is 3.05 bits per heavy atom. The maximum atomic E-state index is 12.1. The number of ether oxygens (including phenoxy) is 1. The zero-order valence-electron chi connectivity index (χ0n) is 12.1. The summed E-state index contributed by atoms with van der Waals surface area (Å²) in [6, 6.07) is 7.24. The van der Waals surface area contributed by atoms with Crippen molar-refractivity contribution in [2.45, 2.75) is 18.6 Å². The van der Waals surface area contributed by atoms with Crippen LogP contribution in [-0.4, -0.2) is 41.8 Å². The Morgan fingerprint density at radius 1 is 1.50 bits per heavy atom. The topological polar surface area (TPSA) is 83.5 Å². The van der Waals surface area contributed by atoms with E-state index in [0.717, 1.165) is 17.0 Å². The van der Waals surface area contributed by atoms with Crippen molar-refractivity contribution in [3.05, 3.63) is 29.6 Å². The molecule has 1 fully saturated rings. The van der Waals surface area contributed by atoms with Crippen molar-refractivity contribution in [3.8, 4) is 17.0 Å². The number of aliphatic hydroxyl groups is 1. The van der Waals surface area contributed by atoms with Gasteiger partial charge in [0, 0.05) is 17.5 Å². The van der Waals surface area contributed by atoms with Crippen molar-refractivity contribution in [2.75, 3.05) is 19.0 Å². The zero-order chi connectivity index (χ0) is 15.5. The Morgan fingerprint density at radius 2 is 2.32 bits per heavy atom. The Bertz CT molecular complexity index is 674. The van der Waals surface area contributed by atoms with Gasteiger partial charge in [0.15, 0.2) is 5.13 Å². The summed E-state index contributed by atoms with van der Waals surface area (Å²) in [5, 5.41) is 17.6. The maximum absolute atomic E-state index is 12.1. The van der Waals surface area contributed by atoms with E-state index in [1.54, 1.807) is 7.11 Å². The minimum atomic E-state index is -0.462. The van der Waals surface area contributed by atoms with Crippen LogP contribution in [0.1, 0.15) is 6.42 Å². The van der Waals surface area contributed by atoms with E-state index in [4.69, 9.17) is 4.74 Å². The predicted octanol–water partition coefficient (Wildman–Crippen LogP) is 1.48. The number of benzene rings is 1. The molecule has 7 heteroatoms. The Labute approximate surface area is 132 Å². The number of hydrogen-bond donors (Lipinski definition) is 3. The first-order valence-corrected chi connectivity index (χ1v) is 7.86. The van der Waals surface area contributed by atoms with Crippen LogP contribution in [0.2, 0.25) is 0 Å². The number of carbonyl (C=O) groups is 1. The number of nitrogens with zero attached hydrogens (tertiary/aromatic N) is 1. The number of aromatic nitrogens is 1. The molecule has 1 saturated heterocycles. The molecule has 3 rings (SSSR count). The lowest BCUT2D eigenvalue weighted by molar-refractivity contribution is -0.117. The van der Waals surface area contributed by atoms with Gasteiger partial charge in [-0.15, -0.1) is 11.3 Å². The number of thiazole rings is 1. The third kappa shape index (κ3) is 3.11. The van der Waals surface area contributed by atoms with E-state index in [9.17, 15) is 9.90 Å². The molecule has 116 valence electrons. The third-order valence-electron chi connectivity index (χ3n) is 3.54. The first-order chi connectivity index (χ1) is 10.7. The molecule has 0 bridgehead atoms. The van der Waals surface area contributed by atoms with Crippen molar-refractivity contribution in [3.63, 3.8) is 0 Å². The highest BCUT2D eigenvalue weighted by molar-refractivity contribution is 7.14. The summed E-state index contributed by atoms with van der Waals surface area (Å²) in [7, 11) is 1.62. The van der Waals surface area contributed by atoms with Crippen molar-refractivity contribution in [1.82, 2.24) is 10.3 Å². The molecule has 1 amide bonds. The predicted molar refractivity (Wildman–Crippen MR) is 85.1 cm³/mol. The summed E-state index contributed by atoms with van der Waals surface area (Å²) in [4.78, 5) is 16.5. The standard InChI is InChI=1S/C15H17N3O3S/c1-21-13-5-3-2-4-10(13)12-8-22-15(17-12)18-14(20)11-6-9(19)7-16-11/h2-5,8-9,11,16,19H,6-7H2,1H3,(H,17,18,20)/t9-,11-/m1/s1. The maximum Gasteiger partial charge on any atom is 0.243 e. The van der Waals surface area contributed by atoms with Gasteiger partial charge in [-0.3, -0.25) is 4.79 Å². The molecule has 2 aromatic rings. The van der Waals surface area contributed by atoms with Gasteiger partial charge in [0.25, 0.3) is 0 Å². The highest BCUT2D eigenvalue weighted by atomic mass is 32.1. The van der Waals surface area contributed by atoms with Crippen molar-refractivity contribution in [2.24, 2.45) is 0 Å². The number of carbonyl (C=O) groups excluding carboxylic acids is 1. The van der Waals surface area contributed by atoms with Crippen LogP contribution in [0.25, 0.3) is 11.3 Å². The van der Waals surface area contributed by atoms with Crippen LogP contribution >= 0.6 is 11.3 Å². The number of methoxy groups -OCH3 is 1. The smallest absolute Gasteiger partial charge is 0.243 e. The van der Waals surface area contributed by atoms with Crippen molar-refractivity contribution in [1.29, 1.82) is 0 Å². The van der Waals surface area contributed by atoms with E-state index in [1.807, 2.05) is 29.6 Å². The molecular formula is C15H17N3O3S. The van der Waals surface area contributed by atoms with Gasteiger partial charge in [0.05, 0.1) is 24.9 Å². The summed E-state index contributed by atoms with van der Waals surface area (Å²) in [5.41, 5.74) is 1.65. The van der Waals surface area contributed by atoms with Crippen LogP contribution < -0.4 is 15.4 Å².